The quantitative estimate of drug-likeness (QED) is 0.743. The van der Waals surface area contributed by atoms with Gasteiger partial charge >= 0.3 is 0 Å². The predicted molar refractivity (Wildman–Crippen MR) is 96.4 cm³/mol. The Kier molecular flexibility index (Phi) is 3.94. The fourth-order valence-corrected chi connectivity index (χ4v) is 3.45. The van der Waals surface area contributed by atoms with Crippen molar-refractivity contribution in [3.8, 4) is 0 Å². The number of hydrogen-bond acceptors (Lipinski definition) is 4. The number of aryl methyl sites for hydroxylation is 1. The molecule has 0 N–H and O–H groups in total. The molecule has 0 radical (unpaired) electrons. The molecule has 5 nitrogen and oxygen atoms in total. The molecule has 24 heavy (non-hydrogen) atoms. The van der Waals surface area contributed by atoms with Gasteiger partial charge in [0, 0.05) is 50.8 Å². The lowest BCUT2D eigenvalue weighted by Gasteiger charge is -2.37. The van der Waals surface area contributed by atoms with Crippen molar-refractivity contribution in [1.82, 2.24) is 19.3 Å². The Morgan fingerprint density at radius 2 is 1.83 bits per heavy atom. The molecule has 1 aliphatic heterocycles. The summed E-state index contributed by atoms with van der Waals surface area (Å²) in [6, 6.07) is 8.55. The summed E-state index contributed by atoms with van der Waals surface area (Å²) in [6.07, 6.45) is 5.77. The Balaban J connectivity index is 1.44. The predicted octanol–water partition coefficient (Wildman–Crippen LogP) is 2.67. The second kappa shape index (κ2) is 6.24. The van der Waals surface area contributed by atoms with E-state index in [-0.39, 0.29) is 0 Å². The maximum atomic E-state index is 4.38. The highest BCUT2D eigenvalue weighted by Crippen LogP contribution is 2.24. The van der Waals surface area contributed by atoms with E-state index in [1.54, 1.807) is 6.20 Å². The van der Waals surface area contributed by atoms with E-state index < -0.39 is 0 Å². The van der Waals surface area contributed by atoms with Gasteiger partial charge in [0.25, 0.3) is 0 Å². The molecule has 0 atom stereocenters. The van der Waals surface area contributed by atoms with Crippen molar-refractivity contribution in [3.05, 3.63) is 59.7 Å². The molecule has 1 aromatic carbocycles. The number of rotatable bonds is 3. The number of benzene rings is 1. The van der Waals surface area contributed by atoms with Gasteiger partial charge in [0.05, 0.1) is 11.9 Å². The molecule has 1 aliphatic rings. The van der Waals surface area contributed by atoms with E-state index in [2.05, 4.69) is 56.2 Å². The summed E-state index contributed by atoms with van der Waals surface area (Å²) in [6.45, 7) is 9.62. The van der Waals surface area contributed by atoms with Crippen LogP contribution < -0.4 is 4.90 Å². The van der Waals surface area contributed by atoms with Crippen molar-refractivity contribution in [3.63, 3.8) is 0 Å². The summed E-state index contributed by atoms with van der Waals surface area (Å²) < 4.78 is 2.08. The van der Waals surface area contributed by atoms with Crippen molar-refractivity contribution >= 4 is 11.5 Å². The Morgan fingerprint density at radius 1 is 1.00 bits per heavy atom. The number of imidazole rings is 1. The molecule has 4 rings (SSSR count). The van der Waals surface area contributed by atoms with Crippen molar-refractivity contribution in [2.75, 3.05) is 31.1 Å². The third-order valence-corrected chi connectivity index (χ3v) is 5.04. The summed E-state index contributed by atoms with van der Waals surface area (Å²) in [7, 11) is 0. The molecule has 0 saturated carbocycles. The lowest BCUT2D eigenvalue weighted by Crippen LogP contribution is -2.46. The van der Waals surface area contributed by atoms with E-state index in [1.165, 1.54) is 22.5 Å². The molecular weight excluding hydrogens is 298 g/mol. The van der Waals surface area contributed by atoms with Gasteiger partial charge in [-0.1, -0.05) is 12.1 Å². The zero-order chi connectivity index (χ0) is 16.5. The first-order chi connectivity index (χ1) is 11.7. The van der Waals surface area contributed by atoms with Crippen LogP contribution in [0.4, 0.5) is 5.69 Å². The van der Waals surface area contributed by atoms with E-state index in [0.29, 0.717) is 0 Å². The molecular formula is C19H23N5. The fourth-order valence-electron chi connectivity index (χ4n) is 3.45. The highest BCUT2D eigenvalue weighted by molar-refractivity contribution is 5.56. The highest BCUT2D eigenvalue weighted by atomic mass is 15.3. The summed E-state index contributed by atoms with van der Waals surface area (Å²) in [5.74, 6) is 0.779. The largest absolute Gasteiger partial charge is 0.369 e. The molecule has 2 aromatic heterocycles. The van der Waals surface area contributed by atoms with Gasteiger partial charge in [-0.3, -0.25) is 9.30 Å². The number of anilines is 1. The Hall–Kier alpha value is -2.40. The lowest BCUT2D eigenvalue weighted by molar-refractivity contribution is 0.246. The zero-order valence-electron chi connectivity index (χ0n) is 14.3. The molecule has 3 heterocycles. The minimum Gasteiger partial charge on any atom is -0.369 e. The van der Waals surface area contributed by atoms with Crippen LogP contribution in [0.1, 0.15) is 16.8 Å². The monoisotopic (exact) mass is 321 g/mol. The minimum absolute atomic E-state index is 0.779. The maximum Gasteiger partial charge on any atom is 0.233 e. The van der Waals surface area contributed by atoms with Gasteiger partial charge in [-0.05, 0) is 37.1 Å². The second-order valence-electron chi connectivity index (χ2n) is 6.52. The van der Waals surface area contributed by atoms with E-state index >= 15 is 0 Å². The molecule has 0 aliphatic carbocycles. The number of fused-ring (bicyclic) bond motifs is 1. The van der Waals surface area contributed by atoms with Crippen LogP contribution >= 0.6 is 0 Å². The molecule has 3 aromatic rings. The van der Waals surface area contributed by atoms with Crippen molar-refractivity contribution in [2.24, 2.45) is 0 Å². The normalized spacial score (nSPS) is 16.0. The molecule has 0 bridgehead atoms. The number of nitrogens with zero attached hydrogens (tertiary/aromatic N) is 5. The standard InChI is InChI=1S/C19H23N5/c1-15-5-3-6-18(16(15)2)23-11-9-22(10-12-23)14-17-13-21-19-20-7-4-8-24(17)19/h3-8,13H,9-12,14H2,1-2H3. The van der Waals surface area contributed by atoms with Gasteiger partial charge in [0.2, 0.25) is 5.78 Å². The summed E-state index contributed by atoms with van der Waals surface area (Å²) in [4.78, 5) is 13.7. The molecule has 1 saturated heterocycles. The van der Waals surface area contributed by atoms with Gasteiger partial charge in [-0.25, -0.2) is 9.97 Å². The lowest BCUT2D eigenvalue weighted by atomic mass is 10.1. The smallest absolute Gasteiger partial charge is 0.233 e. The third kappa shape index (κ3) is 2.76. The average molecular weight is 321 g/mol. The second-order valence-corrected chi connectivity index (χ2v) is 6.52. The molecule has 1 fully saturated rings. The van der Waals surface area contributed by atoms with Gasteiger partial charge in [-0.15, -0.1) is 0 Å². The molecule has 0 amide bonds. The SMILES string of the molecule is Cc1cccc(N2CCN(Cc3cnc4ncccn34)CC2)c1C. The third-order valence-electron chi connectivity index (χ3n) is 5.04. The van der Waals surface area contributed by atoms with Crippen LogP contribution in [0.15, 0.2) is 42.9 Å². The fraction of sp³-hybridized carbons (Fsp3) is 0.368. The highest BCUT2D eigenvalue weighted by Gasteiger charge is 2.19. The van der Waals surface area contributed by atoms with Gasteiger partial charge < -0.3 is 4.90 Å². The van der Waals surface area contributed by atoms with Crippen LogP contribution in [-0.4, -0.2) is 45.4 Å². The number of hydrogen-bond donors (Lipinski definition) is 0. The van der Waals surface area contributed by atoms with E-state index in [4.69, 9.17) is 0 Å². The first-order valence-corrected chi connectivity index (χ1v) is 8.53. The number of aromatic nitrogens is 3. The van der Waals surface area contributed by atoms with Crippen LogP contribution in [0.3, 0.4) is 0 Å². The van der Waals surface area contributed by atoms with Crippen LogP contribution in [0, 0.1) is 13.8 Å². The van der Waals surface area contributed by atoms with Crippen LogP contribution in [-0.2, 0) is 6.54 Å². The molecule has 0 unspecified atom stereocenters. The topological polar surface area (TPSA) is 36.7 Å². The Bertz CT molecular complexity index is 846. The first-order valence-electron chi connectivity index (χ1n) is 8.53. The number of piperazine rings is 1. The zero-order valence-corrected chi connectivity index (χ0v) is 14.3. The molecule has 5 heteroatoms. The summed E-state index contributed by atoms with van der Waals surface area (Å²) in [5.41, 5.74) is 5.36. The average Bonchev–Trinajstić information content (AvgIpc) is 3.01. The van der Waals surface area contributed by atoms with Crippen LogP contribution in [0.25, 0.3) is 5.78 Å². The Morgan fingerprint density at radius 3 is 2.67 bits per heavy atom. The van der Waals surface area contributed by atoms with Crippen molar-refractivity contribution in [1.29, 1.82) is 0 Å². The minimum atomic E-state index is 0.779. The molecule has 0 spiro atoms. The maximum absolute atomic E-state index is 4.38. The van der Waals surface area contributed by atoms with Crippen molar-refractivity contribution < 1.29 is 0 Å². The van der Waals surface area contributed by atoms with Crippen LogP contribution in [0.5, 0.6) is 0 Å². The Labute approximate surface area is 142 Å². The van der Waals surface area contributed by atoms with Gasteiger partial charge in [-0.2, -0.15) is 0 Å². The molecule has 124 valence electrons. The van der Waals surface area contributed by atoms with E-state index in [1.807, 2.05) is 18.5 Å². The van der Waals surface area contributed by atoms with Crippen molar-refractivity contribution in [2.45, 2.75) is 20.4 Å². The summed E-state index contributed by atoms with van der Waals surface area (Å²) >= 11 is 0. The van der Waals surface area contributed by atoms with E-state index in [0.717, 1.165) is 38.5 Å². The summed E-state index contributed by atoms with van der Waals surface area (Å²) in [5, 5.41) is 0. The van der Waals surface area contributed by atoms with Crippen LogP contribution in [0.2, 0.25) is 0 Å². The van der Waals surface area contributed by atoms with Gasteiger partial charge in [0.1, 0.15) is 0 Å². The van der Waals surface area contributed by atoms with E-state index in [9.17, 15) is 0 Å². The first kappa shape index (κ1) is 15.1. The van der Waals surface area contributed by atoms with Gasteiger partial charge in [0.15, 0.2) is 0 Å².